The fourth-order valence-electron chi connectivity index (χ4n) is 1.66. The van der Waals surface area contributed by atoms with Gasteiger partial charge in [-0.3, -0.25) is 4.79 Å². The number of nitriles is 1. The quantitative estimate of drug-likeness (QED) is 0.886. The van der Waals surface area contributed by atoms with Gasteiger partial charge in [-0.2, -0.15) is 5.26 Å². The maximum atomic E-state index is 13.7. The molecule has 0 aliphatic heterocycles. The molecule has 0 spiro atoms. The molecule has 0 aliphatic carbocycles. The van der Waals surface area contributed by atoms with E-state index >= 15 is 0 Å². The number of hydrogen-bond donors (Lipinski definition) is 1. The van der Waals surface area contributed by atoms with Gasteiger partial charge in [0, 0.05) is 4.47 Å². The number of amides is 1. The van der Waals surface area contributed by atoms with Crippen LogP contribution in [0.5, 0.6) is 0 Å². The molecule has 0 saturated carbocycles. The summed E-state index contributed by atoms with van der Waals surface area (Å²) in [5.74, 6) is -3.84. The Morgan fingerprint density at radius 2 is 1.76 bits per heavy atom. The number of anilines is 1. The molecule has 3 nitrogen and oxygen atoms in total. The minimum Gasteiger partial charge on any atom is -0.321 e. The Bertz CT molecular complexity index is 748. The molecule has 0 bridgehead atoms. The Morgan fingerprint density at radius 1 is 1.14 bits per heavy atom. The maximum Gasteiger partial charge on any atom is 0.261 e. The SMILES string of the molecule is N#Cc1cc(F)ccc1NC(=O)c1c(F)cc(Br)cc1F. The van der Waals surface area contributed by atoms with Gasteiger partial charge in [0.15, 0.2) is 0 Å². The van der Waals surface area contributed by atoms with Gasteiger partial charge >= 0.3 is 0 Å². The van der Waals surface area contributed by atoms with E-state index in [1.165, 1.54) is 0 Å². The lowest BCUT2D eigenvalue weighted by Gasteiger charge is -2.09. The first kappa shape index (κ1) is 15.1. The largest absolute Gasteiger partial charge is 0.321 e. The molecule has 0 aromatic heterocycles. The average molecular weight is 355 g/mol. The minimum atomic E-state index is -1.07. The highest BCUT2D eigenvalue weighted by Gasteiger charge is 2.19. The van der Waals surface area contributed by atoms with Gasteiger partial charge in [-0.15, -0.1) is 0 Å². The van der Waals surface area contributed by atoms with Gasteiger partial charge in [0.25, 0.3) is 5.91 Å². The second-order valence-electron chi connectivity index (χ2n) is 4.00. The normalized spacial score (nSPS) is 10.0. The van der Waals surface area contributed by atoms with Crippen LogP contribution in [-0.4, -0.2) is 5.91 Å². The van der Waals surface area contributed by atoms with Crippen molar-refractivity contribution in [3.05, 3.63) is 63.4 Å². The number of hydrogen-bond acceptors (Lipinski definition) is 2. The first-order valence-electron chi connectivity index (χ1n) is 5.58. The van der Waals surface area contributed by atoms with Crippen LogP contribution >= 0.6 is 15.9 Å². The van der Waals surface area contributed by atoms with Crippen LogP contribution in [0.4, 0.5) is 18.9 Å². The lowest BCUT2D eigenvalue weighted by molar-refractivity contribution is 0.101. The molecule has 7 heteroatoms. The Morgan fingerprint density at radius 3 is 2.33 bits per heavy atom. The number of rotatable bonds is 2. The Hall–Kier alpha value is -2.33. The summed E-state index contributed by atoms with van der Waals surface area (Å²) < 4.78 is 40.4. The molecule has 0 aliphatic rings. The third kappa shape index (κ3) is 3.23. The molecule has 0 saturated heterocycles. The second-order valence-corrected chi connectivity index (χ2v) is 4.92. The number of halogens is 4. The summed E-state index contributed by atoms with van der Waals surface area (Å²) in [6, 6.07) is 6.62. The van der Waals surface area contributed by atoms with Crippen molar-refractivity contribution in [3.63, 3.8) is 0 Å². The molecule has 0 radical (unpaired) electrons. The standard InChI is InChI=1S/C14H6BrF3N2O/c15-8-4-10(17)13(11(18)5-8)14(21)20-12-2-1-9(16)3-7(12)6-19/h1-5H,(H,20,21). The van der Waals surface area contributed by atoms with Crippen LogP contribution < -0.4 is 5.32 Å². The third-order valence-corrected chi connectivity index (χ3v) is 3.04. The van der Waals surface area contributed by atoms with Crippen molar-refractivity contribution < 1.29 is 18.0 Å². The van der Waals surface area contributed by atoms with E-state index in [0.717, 1.165) is 30.3 Å². The van der Waals surface area contributed by atoms with Crippen molar-refractivity contribution in [2.75, 3.05) is 5.32 Å². The topological polar surface area (TPSA) is 52.9 Å². The molecule has 0 heterocycles. The number of nitrogens with zero attached hydrogens (tertiary/aromatic N) is 1. The van der Waals surface area contributed by atoms with Crippen molar-refractivity contribution in [2.24, 2.45) is 0 Å². The molecule has 2 aromatic carbocycles. The van der Waals surface area contributed by atoms with Crippen molar-refractivity contribution in [1.82, 2.24) is 0 Å². The monoisotopic (exact) mass is 354 g/mol. The van der Waals surface area contributed by atoms with Gasteiger partial charge in [-0.1, -0.05) is 15.9 Å². The summed E-state index contributed by atoms with van der Waals surface area (Å²) in [6.45, 7) is 0. The fourth-order valence-corrected chi connectivity index (χ4v) is 2.06. The van der Waals surface area contributed by atoms with Gasteiger partial charge in [-0.25, -0.2) is 13.2 Å². The lowest BCUT2D eigenvalue weighted by Crippen LogP contribution is -2.16. The summed E-state index contributed by atoms with van der Waals surface area (Å²) in [6.07, 6.45) is 0. The van der Waals surface area contributed by atoms with Crippen molar-refractivity contribution in [2.45, 2.75) is 0 Å². The van der Waals surface area contributed by atoms with Crippen LogP contribution in [-0.2, 0) is 0 Å². The molecule has 0 atom stereocenters. The zero-order chi connectivity index (χ0) is 15.6. The van der Waals surface area contributed by atoms with Gasteiger partial charge in [0.05, 0.1) is 11.3 Å². The first-order valence-corrected chi connectivity index (χ1v) is 6.37. The van der Waals surface area contributed by atoms with E-state index in [1.807, 2.05) is 0 Å². The summed E-state index contributed by atoms with van der Waals surface area (Å²) in [7, 11) is 0. The predicted octanol–water partition coefficient (Wildman–Crippen LogP) is 3.99. The molecule has 0 fully saturated rings. The van der Waals surface area contributed by atoms with Crippen molar-refractivity contribution in [1.29, 1.82) is 5.26 Å². The molecule has 106 valence electrons. The van der Waals surface area contributed by atoms with Crippen LogP contribution in [0.25, 0.3) is 0 Å². The van der Waals surface area contributed by atoms with Crippen LogP contribution in [0.3, 0.4) is 0 Å². The van der Waals surface area contributed by atoms with Crippen molar-refractivity contribution in [3.8, 4) is 6.07 Å². The van der Waals surface area contributed by atoms with Crippen LogP contribution in [0.2, 0.25) is 0 Å². The van der Waals surface area contributed by atoms with E-state index in [-0.39, 0.29) is 15.7 Å². The minimum absolute atomic E-state index is 0.0365. The van der Waals surface area contributed by atoms with Gasteiger partial charge in [-0.05, 0) is 30.3 Å². The lowest BCUT2D eigenvalue weighted by atomic mass is 10.1. The highest BCUT2D eigenvalue weighted by molar-refractivity contribution is 9.10. The van der Waals surface area contributed by atoms with E-state index in [9.17, 15) is 18.0 Å². The smallest absolute Gasteiger partial charge is 0.261 e. The van der Waals surface area contributed by atoms with Gasteiger partial charge < -0.3 is 5.32 Å². The van der Waals surface area contributed by atoms with Crippen LogP contribution in [0.1, 0.15) is 15.9 Å². The maximum absolute atomic E-state index is 13.7. The number of carbonyl (C=O) groups is 1. The molecule has 1 amide bonds. The van der Waals surface area contributed by atoms with Gasteiger partial charge in [0.2, 0.25) is 0 Å². The van der Waals surface area contributed by atoms with E-state index in [2.05, 4.69) is 21.2 Å². The Kier molecular flexibility index (Phi) is 4.29. The van der Waals surface area contributed by atoms with E-state index in [0.29, 0.717) is 0 Å². The molecule has 0 unspecified atom stereocenters. The van der Waals surface area contributed by atoms with E-state index in [4.69, 9.17) is 5.26 Å². The summed E-state index contributed by atoms with van der Waals surface area (Å²) in [5, 5.41) is 11.0. The zero-order valence-corrected chi connectivity index (χ0v) is 11.8. The number of carbonyl (C=O) groups excluding carboxylic acids is 1. The Labute approximate surface area is 126 Å². The summed E-state index contributed by atoms with van der Waals surface area (Å²) in [4.78, 5) is 11.9. The summed E-state index contributed by atoms with van der Waals surface area (Å²) in [5.41, 5.74) is -0.974. The molecule has 2 rings (SSSR count). The molecular weight excluding hydrogens is 349 g/mol. The first-order chi connectivity index (χ1) is 9.92. The highest BCUT2D eigenvalue weighted by atomic mass is 79.9. The average Bonchev–Trinajstić information content (AvgIpc) is 2.39. The fraction of sp³-hybridized carbons (Fsp3) is 0. The van der Waals surface area contributed by atoms with Crippen molar-refractivity contribution >= 4 is 27.5 Å². The third-order valence-electron chi connectivity index (χ3n) is 2.58. The zero-order valence-electron chi connectivity index (χ0n) is 10.3. The summed E-state index contributed by atoms with van der Waals surface area (Å²) >= 11 is 2.90. The Balaban J connectivity index is 2.38. The molecule has 1 N–H and O–H groups in total. The predicted molar refractivity (Wildman–Crippen MR) is 73.1 cm³/mol. The number of nitrogens with one attached hydrogen (secondary N) is 1. The van der Waals surface area contributed by atoms with E-state index < -0.39 is 28.9 Å². The van der Waals surface area contributed by atoms with Crippen LogP contribution in [0, 0.1) is 28.8 Å². The number of benzene rings is 2. The molecular formula is C14H6BrF3N2O. The molecule has 21 heavy (non-hydrogen) atoms. The van der Waals surface area contributed by atoms with Crippen LogP contribution in [0.15, 0.2) is 34.8 Å². The van der Waals surface area contributed by atoms with E-state index in [1.54, 1.807) is 6.07 Å². The molecule has 2 aromatic rings. The second kappa shape index (κ2) is 5.97. The van der Waals surface area contributed by atoms with Gasteiger partial charge in [0.1, 0.15) is 29.1 Å². The highest BCUT2D eigenvalue weighted by Crippen LogP contribution is 2.22.